The molecule has 1 heterocycles. The van der Waals surface area contributed by atoms with Gasteiger partial charge in [0.1, 0.15) is 6.23 Å². The van der Waals surface area contributed by atoms with Gasteiger partial charge < -0.3 is 10.2 Å². The number of aliphatic hydroxyl groups excluding tert-OH is 2. The first-order chi connectivity index (χ1) is 12.6. The second kappa shape index (κ2) is 7.35. The van der Waals surface area contributed by atoms with Crippen LogP contribution in [0.3, 0.4) is 0 Å². The van der Waals surface area contributed by atoms with Gasteiger partial charge in [0, 0.05) is 18.3 Å². The molecular formula is C18H17ClF4N2O2. The van der Waals surface area contributed by atoms with E-state index in [1.54, 1.807) is 0 Å². The van der Waals surface area contributed by atoms with E-state index in [4.69, 9.17) is 11.6 Å². The highest BCUT2D eigenvalue weighted by molar-refractivity contribution is 6.32. The first-order valence-corrected chi connectivity index (χ1v) is 8.61. The third kappa shape index (κ3) is 3.80. The van der Waals surface area contributed by atoms with Crippen molar-refractivity contribution in [2.45, 2.75) is 43.6 Å². The summed E-state index contributed by atoms with van der Waals surface area (Å²) in [6.07, 6.45) is -5.97. The largest absolute Gasteiger partial charge is 0.417 e. The zero-order valence-corrected chi connectivity index (χ0v) is 14.7. The van der Waals surface area contributed by atoms with Gasteiger partial charge in [-0.2, -0.15) is 13.2 Å². The fourth-order valence-corrected chi connectivity index (χ4v) is 3.54. The molecule has 0 aliphatic heterocycles. The van der Waals surface area contributed by atoms with Crippen LogP contribution in [0.4, 0.5) is 17.6 Å². The number of rotatable bonds is 4. The summed E-state index contributed by atoms with van der Waals surface area (Å²) >= 11 is 5.82. The number of nitrogens with zero attached hydrogens (tertiary/aromatic N) is 1. The molecule has 0 saturated carbocycles. The molecule has 3 rings (SSSR count). The van der Waals surface area contributed by atoms with Crippen molar-refractivity contribution in [1.29, 1.82) is 0 Å². The molecule has 9 heteroatoms. The molecule has 0 amide bonds. The molecule has 1 aromatic carbocycles. The van der Waals surface area contributed by atoms with Crippen LogP contribution in [0.25, 0.3) is 0 Å². The lowest BCUT2D eigenvalue weighted by atomic mass is 9.80. The predicted octanol–water partition coefficient (Wildman–Crippen LogP) is 3.85. The van der Waals surface area contributed by atoms with Crippen molar-refractivity contribution in [3.05, 3.63) is 63.9 Å². The number of pyridine rings is 1. The Morgan fingerprint density at radius 3 is 2.74 bits per heavy atom. The zero-order valence-electron chi connectivity index (χ0n) is 14.0. The maximum atomic E-state index is 15.5. The van der Waals surface area contributed by atoms with Gasteiger partial charge in [-0.15, -0.1) is 0 Å². The number of alkyl halides is 4. The Morgan fingerprint density at radius 1 is 1.30 bits per heavy atom. The number of aromatic nitrogens is 1. The van der Waals surface area contributed by atoms with E-state index in [1.165, 1.54) is 30.5 Å². The molecule has 0 radical (unpaired) electrons. The topological polar surface area (TPSA) is 65.4 Å². The summed E-state index contributed by atoms with van der Waals surface area (Å²) in [7, 11) is 0. The monoisotopic (exact) mass is 404 g/mol. The standard InChI is InChI=1S/C18H17ClF4N2O2/c19-14-10(3-1-4-11(14)18(21,22)23)9-25-16(27)17(20)7-6-13(26)15-12(17)5-2-8-24-15/h1-5,8,13,16,25-27H,6-7,9H2. The molecule has 146 valence electrons. The van der Waals surface area contributed by atoms with E-state index < -0.39 is 34.8 Å². The number of benzene rings is 1. The lowest BCUT2D eigenvalue weighted by Crippen LogP contribution is -2.48. The number of aliphatic hydroxyl groups is 2. The Kier molecular flexibility index (Phi) is 5.45. The summed E-state index contributed by atoms with van der Waals surface area (Å²) in [5, 5.41) is 22.4. The van der Waals surface area contributed by atoms with Crippen LogP contribution in [0.2, 0.25) is 5.02 Å². The normalized spacial score (nSPS) is 23.7. The molecule has 1 aliphatic rings. The zero-order chi connectivity index (χ0) is 19.8. The fraction of sp³-hybridized carbons (Fsp3) is 0.389. The van der Waals surface area contributed by atoms with Gasteiger partial charge in [0.15, 0.2) is 5.67 Å². The maximum absolute atomic E-state index is 15.5. The van der Waals surface area contributed by atoms with Crippen LogP contribution in [-0.2, 0) is 18.4 Å². The minimum Gasteiger partial charge on any atom is -0.387 e. The van der Waals surface area contributed by atoms with Gasteiger partial charge in [0.2, 0.25) is 0 Å². The van der Waals surface area contributed by atoms with Crippen molar-refractivity contribution in [3.8, 4) is 0 Å². The molecule has 0 spiro atoms. The van der Waals surface area contributed by atoms with E-state index in [2.05, 4.69) is 10.3 Å². The number of hydrogen-bond acceptors (Lipinski definition) is 4. The van der Waals surface area contributed by atoms with Crippen molar-refractivity contribution in [2.24, 2.45) is 0 Å². The lowest BCUT2D eigenvalue weighted by Gasteiger charge is -2.37. The van der Waals surface area contributed by atoms with Gasteiger partial charge in [-0.1, -0.05) is 29.8 Å². The van der Waals surface area contributed by atoms with E-state index in [0.29, 0.717) is 0 Å². The summed E-state index contributed by atoms with van der Waals surface area (Å²) in [5.41, 5.74) is -2.96. The minimum atomic E-state index is -4.61. The van der Waals surface area contributed by atoms with Crippen molar-refractivity contribution in [2.75, 3.05) is 0 Å². The van der Waals surface area contributed by atoms with E-state index in [0.717, 1.165) is 6.07 Å². The third-order valence-electron chi connectivity index (χ3n) is 4.69. The molecule has 0 fully saturated rings. The number of hydrogen-bond donors (Lipinski definition) is 3. The Balaban J connectivity index is 1.81. The average Bonchev–Trinajstić information content (AvgIpc) is 2.63. The van der Waals surface area contributed by atoms with Crippen LogP contribution in [0, 0.1) is 0 Å². The quantitative estimate of drug-likeness (QED) is 0.535. The molecule has 1 aromatic heterocycles. The highest BCUT2D eigenvalue weighted by atomic mass is 35.5. The Labute approximate surface area is 157 Å². The molecule has 27 heavy (non-hydrogen) atoms. The van der Waals surface area contributed by atoms with E-state index in [-0.39, 0.29) is 36.2 Å². The third-order valence-corrected chi connectivity index (χ3v) is 5.13. The average molecular weight is 405 g/mol. The van der Waals surface area contributed by atoms with E-state index in [9.17, 15) is 23.4 Å². The van der Waals surface area contributed by atoms with Crippen molar-refractivity contribution in [1.82, 2.24) is 10.3 Å². The second-order valence-electron chi connectivity index (χ2n) is 6.41. The number of fused-ring (bicyclic) bond motifs is 1. The lowest BCUT2D eigenvalue weighted by molar-refractivity contribution is -0.137. The van der Waals surface area contributed by atoms with Crippen LogP contribution < -0.4 is 5.32 Å². The van der Waals surface area contributed by atoms with Crippen LogP contribution >= 0.6 is 11.6 Å². The Hall–Kier alpha value is -1.74. The summed E-state index contributed by atoms with van der Waals surface area (Å²) in [5.74, 6) is 0. The highest BCUT2D eigenvalue weighted by Crippen LogP contribution is 2.44. The molecule has 3 atom stereocenters. The molecule has 2 aromatic rings. The molecule has 3 unspecified atom stereocenters. The van der Waals surface area contributed by atoms with Crippen LogP contribution in [0.1, 0.15) is 41.3 Å². The highest BCUT2D eigenvalue weighted by Gasteiger charge is 2.46. The molecule has 0 bridgehead atoms. The van der Waals surface area contributed by atoms with Crippen molar-refractivity contribution >= 4 is 11.6 Å². The summed E-state index contributed by atoms with van der Waals surface area (Å²) < 4.78 is 54.3. The molecular weight excluding hydrogens is 388 g/mol. The SMILES string of the molecule is OC1CCC(F)(C(O)NCc2cccc(C(F)(F)F)c2Cl)c2cccnc21. The van der Waals surface area contributed by atoms with E-state index >= 15 is 4.39 Å². The van der Waals surface area contributed by atoms with Crippen molar-refractivity contribution < 1.29 is 27.8 Å². The minimum absolute atomic E-state index is 0.0545. The van der Waals surface area contributed by atoms with E-state index in [1.807, 2.05) is 0 Å². The van der Waals surface area contributed by atoms with Crippen molar-refractivity contribution in [3.63, 3.8) is 0 Å². The van der Waals surface area contributed by atoms with Gasteiger partial charge >= 0.3 is 6.18 Å². The van der Waals surface area contributed by atoms with Gasteiger partial charge in [-0.3, -0.25) is 10.3 Å². The fourth-order valence-electron chi connectivity index (χ4n) is 3.24. The molecule has 4 nitrogen and oxygen atoms in total. The predicted molar refractivity (Wildman–Crippen MR) is 90.5 cm³/mol. The summed E-state index contributed by atoms with van der Waals surface area (Å²) in [4.78, 5) is 3.97. The Morgan fingerprint density at radius 2 is 2.04 bits per heavy atom. The van der Waals surface area contributed by atoms with Gasteiger partial charge in [0.05, 0.1) is 22.4 Å². The first-order valence-electron chi connectivity index (χ1n) is 8.23. The molecule has 0 saturated heterocycles. The van der Waals surface area contributed by atoms with Gasteiger partial charge in [-0.25, -0.2) is 4.39 Å². The smallest absolute Gasteiger partial charge is 0.387 e. The van der Waals surface area contributed by atoms with Crippen LogP contribution in [0.15, 0.2) is 36.5 Å². The van der Waals surface area contributed by atoms with Gasteiger partial charge in [-0.05, 0) is 30.5 Å². The number of nitrogens with one attached hydrogen (secondary N) is 1. The van der Waals surface area contributed by atoms with Crippen LogP contribution in [0.5, 0.6) is 0 Å². The number of halogens is 5. The summed E-state index contributed by atoms with van der Waals surface area (Å²) in [6, 6.07) is 6.32. The van der Waals surface area contributed by atoms with Crippen LogP contribution in [-0.4, -0.2) is 21.4 Å². The maximum Gasteiger partial charge on any atom is 0.417 e. The molecule has 1 aliphatic carbocycles. The first kappa shape index (κ1) is 20.0. The second-order valence-corrected chi connectivity index (χ2v) is 6.79. The Bertz CT molecular complexity index is 833. The molecule has 3 N–H and O–H groups in total. The summed E-state index contributed by atoms with van der Waals surface area (Å²) in [6.45, 7) is -0.270. The van der Waals surface area contributed by atoms with Gasteiger partial charge in [0.25, 0.3) is 0 Å².